The molecule has 5 heteroatoms. The zero-order chi connectivity index (χ0) is 13.7. The van der Waals surface area contributed by atoms with E-state index >= 15 is 0 Å². The fourth-order valence-corrected chi connectivity index (χ4v) is 3.02. The first-order valence-electron chi connectivity index (χ1n) is 6.63. The van der Waals surface area contributed by atoms with Crippen molar-refractivity contribution in [2.24, 2.45) is 0 Å². The summed E-state index contributed by atoms with van der Waals surface area (Å²) in [7, 11) is 0. The van der Waals surface area contributed by atoms with Gasteiger partial charge in [-0.1, -0.05) is 30.5 Å². The summed E-state index contributed by atoms with van der Waals surface area (Å²) in [6, 6.07) is 5.75. The zero-order valence-electron chi connectivity index (χ0n) is 11.2. The monoisotopic (exact) mass is 297 g/mol. The second-order valence-electron chi connectivity index (χ2n) is 4.64. The normalized spacial score (nSPS) is 11.3. The highest BCUT2D eigenvalue weighted by atomic mass is 35.5. The number of benzene rings is 1. The summed E-state index contributed by atoms with van der Waals surface area (Å²) in [6.07, 6.45) is 7.07. The van der Waals surface area contributed by atoms with Gasteiger partial charge in [0.25, 0.3) is 0 Å². The Balaban J connectivity index is 1.98. The maximum Gasteiger partial charge on any atom is 0.201 e. The van der Waals surface area contributed by atoms with Crippen molar-refractivity contribution in [3.63, 3.8) is 0 Å². The minimum absolute atomic E-state index is 0.562. The number of imidazole rings is 1. The minimum Gasteiger partial charge on any atom is -0.369 e. The number of thioether (sulfide) groups is 1. The van der Waals surface area contributed by atoms with Crippen LogP contribution in [0.4, 0.5) is 5.95 Å². The Morgan fingerprint density at radius 1 is 1.26 bits per heavy atom. The van der Waals surface area contributed by atoms with Crippen molar-refractivity contribution in [3.8, 4) is 0 Å². The van der Waals surface area contributed by atoms with Crippen molar-refractivity contribution in [3.05, 3.63) is 23.2 Å². The fourth-order valence-electron chi connectivity index (χ4n) is 2.26. The van der Waals surface area contributed by atoms with E-state index < -0.39 is 0 Å². The van der Waals surface area contributed by atoms with Crippen LogP contribution in [0.3, 0.4) is 0 Å². The molecule has 0 bridgehead atoms. The van der Waals surface area contributed by atoms with Crippen LogP contribution in [0, 0.1) is 0 Å². The topological polar surface area (TPSA) is 43.8 Å². The number of nitrogens with zero attached hydrogens (tertiary/aromatic N) is 2. The maximum atomic E-state index is 6.24. The molecule has 1 aromatic carbocycles. The average molecular weight is 298 g/mol. The van der Waals surface area contributed by atoms with Crippen molar-refractivity contribution in [2.75, 3.05) is 17.7 Å². The lowest BCUT2D eigenvalue weighted by molar-refractivity contribution is 0.597. The summed E-state index contributed by atoms with van der Waals surface area (Å²) in [5, 5.41) is 0.726. The molecular formula is C14H20ClN3S. The molecule has 19 heavy (non-hydrogen) atoms. The number of halogens is 1. The third-order valence-electron chi connectivity index (χ3n) is 3.23. The van der Waals surface area contributed by atoms with Gasteiger partial charge >= 0.3 is 0 Å². The highest BCUT2D eigenvalue weighted by Crippen LogP contribution is 2.26. The third kappa shape index (κ3) is 3.57. The Kier molecular flexibility index (Phi) is 5.40. The second kappa shape index (κ2) is 7.06. The predicted molar refractivity (Wildman–Crippen MR) is 86.0 cm³/mol. The molecule has 0 fully saturated rings. The summed E-state index contributed by atoms with van der Waals surface area (Å²) in [6.45, 7) is 0.894. The molecule has 2 aromatic rings. The molecule has 3 nitrogen and oxygen atoms in total. The summed E-state index contributed by atoms with van der Waals surface area (Å²) in [4.78, 5) is 4.36. The molecule has 2 rings (SSSR count). The number of hydrogen-bond donors (Lipinski definition) is 1. The van der Waals surface area contributed by atoms with Gasteiger partial charge in [-0.05, 0) is 37.0 Å². The first kappa shape index (κ1) is 14.5. The van der Waals surface area contributed by atoms with Crippen LogP contribution in [-0.4, -0.2) is 21.6 Å². The third-order valence-corrected chi connectivity index (χ3v) is 4.23. The van der Waals surface area contributed by atoms with Crippen LogP contribution < -0.4 is 5.73 Å². The van der Waals surface area contributed by atoms with Crippen LogP contribution in [0.5, 0.6) is 0 Å². The van der Waals surface area contributed by atoms with Gasteiger partial charge in [-0.3, -0.25) is 0 Å². The van der Waals surface area contributed by atoms with Gasteiger partial charge in [0, 0.05) is 6.54 Å². The van der Waals surface area contributed by atoms with Crippen molar-refractivity contribution < 1.29 is 0 Å². The molecule has 0 atom stereocenters. The van der Waals surface area contributed by atoms with E-state index in [0.717, 1.165) is 29.0 Å². The van der Waals surface area contributed by atoms with Crippen molar-refractivity contribution in [1.29, 1.82) is 0 Å². The van der Waals surface area contributed by atoms with E-state index in [-0.39, 0.29) is 0 Å². The molecule has 104 valence electrons. The largest absolute Gasteiger partial charge is 0.369 e. The van der Waals surface area contributed by atoms with Crippen LogP contribution in [0.25, 0.3) is 11.0 Å². The molecule has 0 saturated heterocycles. The van der Waals surface area contributed by atoms with Crippen LogP contribution >= 0.6 is 23.4 Å². The van der Waals surface area contributed by atoms with Gasteiger partial charge in [0.05, 0.1) is 16.1 Å². The van der Waals surface area contributed by atoms with E-state index in [1.54, 1.807) is 0 Å². The molecule has 0 amide bonds. The lowest BCUT2D eigenvalue weighted by Crippen LogP contribution is -2.03. The van der Waals surface area contributed by atoms with Crippen molar-refractivity contribution in [1.82, 2.24) is 9.55 Å². The predicted octanol–water partition coefficient (Wildman–Crippen LogP) is 4.20. The van der Waals surface area contributed by atoms with Gasteiger partial charge in [0.2, 0.25) is 5.95 Å². The Hall–Kier alpha value is -0.870. The molecule has 1 aromatic heterocycles. The summed E-state index contributed by atoms with van der Waals surface area (Å²) < 4.78 is 2.03. The maximum absolute atomic E-state index is 6.24. The number of para-hydroxylation sites is 1. The lowest BCUT2D eigenvalue weighted by atomic mass is 10.2. The number of aromatic nitrogens is 2. The molecule has 0 aliphatic heterocycles. The number of hydrogen-bond acceptors (Lipinski definition) is 3. The van der Waals surface area contributed by atoms with E-state index in [0.29, 0.717) is 5.95 Å². The lowest BCUT2D eigenvalue weighted by Gasteiger charge is -2.07. The van der Waals surface area contributed by atoms with Crippen molar-refractivity contribution in [2.45, 2.75) is 32.2 Å². The number of aryl methyl sites for hydroxylation is 1. The van der Waals surface area contributed by atoms with E-state index in [1.807, 2.05) is 34.5 Å². The average Bonchev–Trinajstić information content (AvgIpc) is 2.71. The first-order chi connectivity index (χ1) is 9.24. The number of unbranched alkanes of at least 4 members (excludes halogenated alkanes) is 3. The van der Waals surface area contributed by atoms with Gasteiger partial charge in [-0.15, -0.1) is 0 Å². The number of fused-ring (bicyclic) bond motifs is 1. The second-order valence-corrected chi connectivity index (χ2v) is 6.03. The molecular weight excluding hydrogens is 278 g/mol. The zero-order valence-corrected chi connectivity index (χ0v) is 12.8. The molecule has 0 saturated carbocycles. The molecule has 0 aliphatic rings. The van der Waals surface area contributed by atoms with Crippen molar-refractivity contribution >= 4 is 40.3 Å². The minimum atomic E-state index is 0.562. The SMILES string of the molecule is CSCCCCCCn1c(N)nc2cccc(Cl)c21. The Bertz CT molecular complexity index is 539. The van der Waals surface area contributed by atoms with Gasteiger partial charge < -0.3 is 10.3 Å². The molecule has 0 aliphatic carbocycles. The number of nitrogen functional groups attached to an aromatic ring is 1. The highest BCUT2D eigenvalue weighted by Gasteiger charge is 2.10. The van der Waals surface area contributed by atoms with E-state index in [1.165, 1.54) is 25.0 Å². The number of rotatable bonds is 7. The number of nitrogens with two attached hydrogens (primary N) is 1. The van der Waals surface area contributed by atoms with E-state index in [9.17, 15) is 0 Å². The van der Waals surface area contributed by atoms with Gasteiger partial charge in [0.1, 0.15) is 0 Å². The van der Waals surface area contributed by atoms with E-state index in [2.05, 4.69) is 11.2 Å². The highest BCUT2D eigenvalue weighted by molar-refractivity contribution is 7.98. The molecule has 1 heterocycles. The van der Waals surface area contributed by atoms with Crippen LogP contribution in [0.2, 0.25) is 5.02 Å². The molecule has 0 radical (unpaired) electrons. The first-order valence-corrected chi connectivity index (χ1v) is 8.40. The van der Waals surface area contributed by atoms with Crippen LogP contribution in [0.1, 0.15) is 25.7 Å². The molecule has 0 spiro atoms. The summed E-state index contributed by atoms with van der Waals surface area (Å²) in [5.41, 5.74) is 7.82. The number of anilines is 1. The Labute approximate surface area is 123 Å². The standard InChI is InChI=1S/C14H20ClN3S/c1-19-10-5-3-2-4-9-18-13-11(15)7-6-8-12(13)17-14(18)16/h6-8H,2-5,9-10H2,1H3,(H2,16,17). The quantitative estimate of drug-likeness (QED) is 0.779. The molecule has 0 unspecified atom stereocenters. The fraction of sp³-hybridized carbons (Fsp3) is 0.500. The smallest absolute Gasteiger partial charge is 0.201 e. The van der Waals surface area contributed by atoms with Crippen LogP contribution in [0.15, 0.2) is 18.2 Å². The molecule has 2 N–H and O–H groups in total. The van der Waals surface area contributed by atoms with Gasteiger partial charge in [-0.2, -0.15) is 11.8 Å². The Morgan fingerprint density at radius 3 is 2.84 bits per heavy atom. The van der Waals surface area contributed by atoms with Crippen LogP contribution in [-0.2, 0) is 6.54 Å². The summed E-state index contributed by atoms with van der Waals surface area (Å²) >= 11 is 8.15. The van der Waals surface area contributed by atoms with Gasteiger partial charge in [-0.25, -0.2) is 4.98 Å². The Morgan fingerprint density at radius 2 is 2.05 bits per heavy atom. The van der Waals surface area contributed by atoms with E-state index in [4.69, 9.17) is 17.3 Å². The van der Waals surface area contributed by atoms with Gasteiger partial charge in [0.15, 0.2) is 0 Å². The summed E-state index contributed by atoms with van der Waals surface area (Å²) in [5.74, 6) is 1.81.